The van der Waals surface area contributed by atoms with E-state index in [4.69, 9.17) is 14.6 Å². The molecular formula is C26H33F3N3O4+. The number of ether oxygens (including phenoxy) is 1. The lowest BCUT2D eigenvalue weighted by Crippen LogP contribution is -2.59. The second kappa shape index (κ2) is 11.7. The second-order valence-corrected chi connectivity index (χ2v) is 9.24. The van der Waals surface area contributed by atoms with Crippen LogP contribution >= 0.6 is 0 Å². The topological polar surface area (TPSA) is 87.7 Å². The number of alkyl halides is 3. The molecule has 4 rings (SSSR count). The largest absolute Gasteiger partial charge is 0.490 e. The Hall–Kier alpha value is -3.11. The molecule has 0 spiro atoms. The number of hydrogen-bond acceptors (Lipinski definition) is 4. The highest BCUT2D eigenvalue weighted by molar-refractivity contribution is 5.92. The van der Waals surface area contributed by atoms with Gasteiger partial charge in [0.2, 0.25) is 0 Å². The average molecular weight is 509 g/mol. The van der Waals surface area contributed by atoms with Gasteiger partial charge in [-0.2, -0.15) is 13.2 Å². The summed E-state index contributed by atoms with van der Waals surface area (Å²) in [5.41, 5.74) is 3.36. The molecule has 7 nitrogen and oxygen atoms in total. The lowest BCUT2D eigenvalue weighted by atomic mass is 10.0. The Balaban J connectivity index is 0.000000454. The molecule has 2 heterocycles. The standard InChI is InChI=1S/C24H31N3O2.C2HF3O2/c1-18-15-20(27(14-6-7-19(27)2)21-12-13-25-16-21)10-11-23(18)26-24(28)17-29-22-8-4-3-5-9-22;3-2(4,5)1(6)7/h3-5,8-11,15,19,21,25H,6-7,12-14,16-17H2,1-2H3;(H,6,7)/p+1. The molecule has 0 aromatic heterocycles. The fourth-order valence-corrected chi connectivity index (χ4v) is 5.17. The van der Waals surface area contributed by atoms with Gasteiger partial charge in [0.05, 0.1) is 12.6 Å². The molecule has 36 heavy (non-hydrogen) atoms. The van der Waals surface area contributed by atoms with E-state index in [1.165, 1.54) is 31.5 Å². The summed E-state index contributed by atoms with van der Waals surface area (Å²) in [5.74, 6) is -2.19. The normalized spacial score (nSPS) is 23.5. The summed E-state index contributed by atoms with van der Waals surface area (Å²) in [7, 11) is 0. The van der Waals surface area contributed by atoms with Crippen molar-refractivity contribution in [2.75, 3.05) is 31.6 Å². The zero-order valence-electron chi connectivity index (χ0n) is 20.5. The van der Waals surface area contributed by atoms with Gasteiger partial charge in [0.25, 0.3) is 5.91 Å². The predicted molar refractivity (Wildman–Crippen MR) is 132 cm³/mol. The number of benzene rings is 2. The molecule has 2 aromatic rings. The summed E-state index contributed by atoms with van der Waals surface area (Å²) in [6.07, 6.45) is -1.28. The first-order valence-electron chi connectivity index (χ1n) is 12.0. The maximum absolute atomic E-state index is 12.4. The number of rotatable bonds is 6. The van der Waals surface area contributed by atoms with Crippen LogP contribution in [0.5, 0.6) is 5.75 Å². The number of nitrogens with one attached hydrogen (secondary N) is 2. The van der Waals surface area contributed by atoms with Gasteiger partial charge in [0.15, 0.2) is 6.61 Å². The Kier molecular flexibility index (Phi) is 8.97. The first kappa shape index (κ1) is 27.5. The van der Waals surface area contributed by atoms with Crippen molar-refractivity contribution in [2.45, 2.75) is 51.4 Å². The van der Waals surface area contributed by atoms with Crippen molar-refractivity contribution >= 4 is 23.3 Å². The van der Waals surface area contributed by atoms with Crippen LogP contribution in [0.2, 0.25) is 0 Å². The summed E-state index contributed by atoms with van der Waals surface area (Å²) in [6.45, 7) is 7.92. The highest BCUT2D eigenvalue weighted by Gasteiger charge is 2.48. The van der Waals surface area contributed by atoms with Gasteiger partial charge >= 0.3 is 12.1 Å². The molecule has 2 fully saturated rings. The average Bonchev–Trinajstić information content (AvgIpc) is 3.50. The predicted octanol–water partition coefficient (Wildman–Crippen LogP) is 4.50. The van der Waals surface area contributed by atoms with E-state index >= 15 is 0 Å². The number of para-hydroxylation sites is 1. The Bertz CT molecular complexity index is 1040. The fourth-order valence-electron chi connectivity index (χ4n) is 5.17. The first-order chi connectivity index (χ1) is 17.0. The van der Waals surface area contributed by atoms with Crippen LogP contribution < -0.4 is 19.9 Å². The number of amides is 1. The van der Waals surface area contributed by atoms with Gasteiger partial charge in [-0.15, -0.1) is 0 Å². The minimum Gasteiger partial charge on any atom is -0.484 e. The van der Waals surface area contributed by atoms with Crippen LogP contribution in [0, 0.1) is 6.92 Å². The smallest absolute Gasteiger partial charge is 0.484 e. The molecule has 2 aromatic carbocycles. The Morgan fingerprint density at radius 2 is 1.86 bits per heavy atom. The monoisotopic (exact) mass is 508 g/mol. The van der Waals surface area contributed by atoms with Gasteiger partial charge in [0, 0.05) is 50.2 Å². The minimum atomic E-state index is -5.08. The van der Waals surface area contributed by atoms with Crippen LogP contribution in [0.25, 0.3) is 0 Å². The molecule has 2 saturated heterocycles. The number of nitrogens with zero attached hydrogens (tertiary/aromatic N) is 1. The molecule has 0 saturated carbocycles. The van der Waals surface area contributed by atoms with Crippen molar-refractivity contribution in [3.63, 3.8) is 0 Å². The molecule has 2 aliphatic rings. The summed E-state index contributed by atoms with van der Waals surface area (Å²) in [6, 6.07) is 17.3. The number of carbonyl (C=O) groups is 2. The van der Waals surface area contributed by atoms with Crippen molar-refractivity contribution in [2.24, 2.45) is 0 Å². The third-order valence-corrected chi connectivity index (χ3v) is 6.94. The van der Waals surface area contributed by atoms with E-state index in [0.717, 1.165) is 28.8 Å². The van der Waals surface area contributed by atoms with E-state index < -0.39 is 12.1 Å². The van der Waals surface area contributed by atoms with Crippen molar-refractivity contribution in [3.8, 4) is 5.75 Å². The first-order valence-corrected chi connectivity index (χ1v) is 12.0. The van der Waals surface area contributed by atoms with Gasteiger partial charge in [-0.05, 0) is 37.6 Å². The Morgan fingerprint density at radius 3 is 2.39 bits per heavy atom. The van der Waals surface area contributed by atoms with E-state index in [1.807, 2.05) is 30.3 Å². The van der Waals surface area contributed by atoms with Gasteiger partial charge in [-0.1, -0.05) is 18.2 Å². The maximum Gasteiger partial charge on any atom is 0.490 e. The summed E-state index contributed by atoms with van der Waals surface area (Å²) in [4.78, 5) is 21.3. The number of carboxylic acid groups (broad SMARTS) is 1. The lowest BCUT2D eigenvalue weighted by Gasteiger charge is -2.43. The number of aliphatic carboxylic acids is 1. The Labute approximate surface area is 208 Å². The van der Waals surface area contributed by atoms with Crippen molar-refractivity contribution in [3.05, 3.63) is 54.1 Å². The van der Waals surface area contributed by atoms with Crippen LogP contribution in [-0.4, -0.2) is 61.5 Å². The molecular weight excluding hydrogens is 475 g/mol. The van der Waals surface area contributed by atoms with Gasteiger partial charge in [-0.3, -0.25) is 9.28 Å². The number of carboxylic acids is 1. The molecule has 2 aliphatic heterocycles. The quantitative estimate of drug-likeness (QED) is 0.501. The van der Waals surface area contributed by atoms with E-state index in [2.05, 4.69) is 42.7 Å². The molecule has 0 radical (unpaired) electrons. The highest BCUT2D eigenvalue weighted by atomic mass is 19.4. The maximum atomic E-state index is 12.4. The molecule has 0 aliphatic carbocycles. The Morgan fingerprint density at radius 1 is 1.17 bits per heavy atom. The minimum absolute atomic E-state index is 0.00990. The number of halogens is 3. The van der Waals surface area contributed by atoms with Crippen LogP contribution in [0.4, 0.5) is 24.5 Å². The molecule has 10 heteroatoms. The lowest BCUT2D eigenvalue weighted by molar-refractivity contribution is -0.192. The van der Waals surface area contributed by atoms with Crippen LogP contribution in [0.3, 0.4) is 0 Å². The van der Waals surface area contributed by atoms with Crippen molar-refractivity contribution < 1.29 is 32.6 Å². The molecule has 196 valence electrons. The number of carbonyl (C=O) groups excluding carboxylic acids is 1. The van der Waals surface area contributed by atoms with Crippen molar-refractivity contribution in [1.82, 2.24) is 9.80 Å². The van der Waals surface area contributed by atoms with Crippen LogP contribution in [-0.2, 0) is 9.59 Å². The van der Waals surface area contributed by atoms with E-state index in [9.17, 15) is 18.0 Å². The third kappa shape index (κ3) is 6.55. The van der Waals surface area contributed by atoms with Crippen LogP contribution in [0.15, 0.2) is 48.5 Å². The fraction of sp³-hybridized carbons (Fsp3) is 0.462. The SMILES string of the molecule is Cc1cc([N+]2(C3CCNC3)CCCC2C)ccc1NC(=O)COc1ccccc1.O=C(O)C(F)(F)F. The van der Waals surface area contributed by atoms with Crippen molar-refractivity contribution in [1.29, 1.82) is 0 Å². The summed E-state index contributed by atoms with van der Waals surface area (Å²) in [5, 5.41) is 13.7. The third-order valence-electron chi connectivity index (χ3n) is 6.94. The summed E-state index contributed by atoms with van der Waals surface area (Å²) < 4.78 is 38.4. The van der Waals surface area contributed by atoms with Gasteiger partial charge in [-0.25, -0.2) is 4.79 Å². The number of quaternary nitrogens is 1. The second-order valence-electron chi connectivity index (χ2n) is 9.24. The van der Waals surface area contributed by atoms with E-state index in [0.29, 0.717) is 17.8 Å². The van der Waals surface area contributed by atoms with E-state index in [-0.39, 0.29) is 12.5 Å². The van der Waals surface area contributed by atoms with E-state index in [1.54, 1.807) is 0 Å². The zero-order chi connectivity index (χ0) is 26.3. The number of hydrogen-bond donors (Lipinski definition) is 3. The number of aryl methyl sites for hydroxylation is 1. The molecule has 0 bridgehead atoms. The number of anilines is 1. The molecule has 3 N–H and O–H groups in total. The highest BCUT2D eigenvalue weighted by Crippen LogP contribution is 2.40. The van der Waals surface area contributed by atoms with Crippen LogP contribution in [0.1, 0.15) is 31.7 Å². The zero-order valence-corrected chi connectivity index (χ0v) is 20.5. The van der Waals surface area contributed by atoms with Gasteiger partial charge < -0.3 is 20.5 Å². The molecule has 3 unspecified atom stereocenters. The number of likely N-dealkylation sites (tertiary alicyclic amines) is 1. The summed E-state index contributed by atoms with van der Waals surface area (Å²) >= 11 is 0. The molecule has 1 amide bonds. The van der Waals surface area contributed by atoms with Gasteiger partial charge in [0.1, 0.15) is 17.5 Å². The molecule has 3 atom stereocenters.